The predicted molar refractivity (Wildman–Crippen MR) is 147 cm³/mol. The predicted octanol–water partition coefficient (Wildman–Crippen LogP) is 5.61. The Morgan fingerprint density at radius 2 is 1.31 bits per heavy atom. The van der Waals surface area contributed by atoms with Crippen LogP contribution in [0, 0.1) is 0 Å². The number of esters is 2. The largest absolute Gasteiger partial charge is 0.478 e. The molecule has 0 amide bonds. The van der Waals surface area contributed by atoms with Gasteiger partial charge in [-0.15, -0.1) is 0 Å². The fraction of sp³-hybridized carbons (Fsp3) is 0.367. The number of unbranched alkanes of at least 4 members (excludes halogenated alkanes) is 1. The molecule has 0 aromatic carbocycles. The molecular weight excluding hydrogens is 502 g/mol. The van der Waals surface area contributed by atoms with E-state index in [1.165, 1.54) is 18.3 Å². The van der Waals surface area contributed by atoms with Gasteiger partial charge in [-0.1, -0.05) is 67.7 Å². The maximum Gasteiger partial charge on any atom is 0.349 e. The van der Waals surface area contributed by atoms with Crippen LogP contribution in [0.4, 0.5) is 0 Å². The van der Waals surface area contributed by atoms with Gasteiger partial charge in [0.1, 0.15) is 0 Å². The first-order valence-electron chi connectivity index (χ1n) is 12.9. The van der Waals surface area contributed by atoms with E-state index in [2.05, 4.69) is 54.4 Å². The van der Waals surface area contributed by atoms with Crippen molar-refractivity contribution in [2.75, 3.05) is 0 Å². The van der Waals surface area contributed by atoms with E-state index >= 15 is 0 Å². The number of ether oxygens (including phenoxy) is 2. The molecule has 0 fully saturated rings. The molecule has 0 radical (unpaired) electrons. The SMILES string of the molecule is CCC=CCC=CCC=CCC=CCC=CCCCC(=O)OC(C(=O)O)C(OC(=O)c1cccnc1)C(=O)O. The topological polar surface area (TPSA) is 140 Å². The van der Waals surface area contributed by atoms with Gasteiger partial charge in [0.2, 0.25) is 12.2 Å². The highest BCUT2D eigenvalue weighted by Crippen LogP contribution is 2.12. The summed E-state index contributed by atoms with van der Waals surface area (Å²) in [6.07, 6.45) is 24.2. The molecule has 210 valence electrons. The lowest BCUT2D eigenvalue weighted by Gasteiger charge is -2.20. The highest BCUT2D eigenvalue weighted by atomic mass is 16.6. The Morgan fingerprint density at radius 1 is 0.795 bits per heavy atom. The van der Waals surface area contributed by atoms with Crippen LogP contribution in [-0.2, 0) is 23.9 Å². The molecule has 0 aliphatic carbocycles. The molecule has 0 aliphatic heterocycles. The fourth-order valence-electron chi connectivity index (χ4n) is 3.08. The standard InChI is InChI=1S/C30H37NO8/c1-2-3-4-5-6-7-8-9-10-11-12-13-14-15-16-17-18-21-25(32)38-26(28(33)34)27(29(35)36)39-30(37)24-20-19-22-31-23-24/h3-4,6-7,9-10,12-13,15-16,19-20,22-23,26-27H,2,5,8,11,14,17-18,21H2,1H3,(H,33,34)(H,35,36). The van der Waals surface area contributed by atoms with Crippen molar-refractivity contribution >= 4 is 23.9 Å². The normalized spacial score (nSPS) is 13.5. The lowest BCUT2D eigenvalue weighted by Crippen LogP contribution is -2.45. The second-order valence-corrected chi connectivity index (χ2v) is 8.25. The number of nitrogens with zero attached hydrogens (tertiary/aromatic N) is 1. The number of aromatic nitrogens is 1. The lowest BCUT2D eigenvalue weighted by atomic mass is 10.2. The van der Waals surface area contributed by atoms with Crippen molar-refractivity contribution in [1.82, 2.24) is 4.98 Å². The van der Waals surface area contributed by atoms with E-state index in [0.717, 1.165) is 38.3 Å². The number of carbonyl (C=O) groups excluding carboxylic acids is 2. The average molecular weight is 540 g/mol. The van der Waals surface area contributed by atoms with Crippen molar-refractivity contribution in [2.45, 2.75) is 70.5 Å². The number of hydrogen-bond acceptors (Lipinski definition) is 7. The van der Waals surface area contributed by atoms with Gasteiger partial charge >= 0.3 is 23.9 Å². The van der Waals surface area contributed by atoms with Crippen LogP contribution in [0.5, 0.6) is 0 Å². The van der Waals surface area contributed by atoms with Crippen LogP contribution >= 0.6 is 0 Å². The van der Waals surface area contributed by atoms with Gasteiger partial charge in [0.05, 0.1) is 5.56 Å². The van der Waals surface area contributed by atoms with Gasteiger partial charge in [0.25, 0.3) is 0 Å². The number of allylic oxidation sites excluding steroid dienone is 10. The first-order chi connectivity index (χ1) is 18.9. The molecule has 0 bridgehead atoms. The van der Waals surface area contributed by atoms with Crippen LogP contribution in [0.25, 0.3) is 0 Å². The zero-order valence-electron chi connectivity index (χ0n) is 22.2. The summed E-state index contributed by atoms with van der Waals surface area (Å²) in [5.41, 5.74) is -0.0729. The van der Waals surface area contributed by atoms with Gasteiger partial charge in [-0.25, -0.2) is 14.4 Å². The number of rotatable bonds is 19. The van der Waals surface area contributed by atoms with Gasteiger partial charge in [0, 0.05) is 18.8 Å². The molecule has 1 aromatic heterocycles. The van der Waals surface area contributed by atoms with Crippen molar-refractivity contribution in [1.29, 1.82) is 0 Å². The highest BCUT2D eigenvalue weighted by molar-refractivity contribution is 5.93. The Balaban J connectivity index is 2.34. The van der Waals surface area contributed by atoms with Crippen molar-refractivity contribution < 1.29 is 38.9 Å². The average Bonchev–Trinajstić information content (AvgIpc) is 2.92. The molecule has 2 N–H and O–H groups in total. The molecular formula is C30H37NO8. The summed E-state index contributed by atoms with van der Waals surface area (Å²) in [7, 11) is 0. The van der Waals surface area contributed by atoms with E-state index in [1.807, 2.05) is 18.2 Å². The third-order valence-electron chi connectivity index (χ3n) is 5.06. The number of aliphatic carboxylic acids is 2. The monoisotopic (exact) mass is 539 g/mol. The molecule has 1 heterocycles. The molecule has 0 spiro atoms. The van der Waals surface area contributed by atoms with E-state index in [4.69, 9.17) is 9.47 Å². The smallest absolute Gasteiger partial charge is 0.349 e. The Bertz CT molecular complexity index is 1040. The third-order valence-corrected chi connectivity index (χ3v) is 5.06. The molecule has 9 heteroatoms. The Labute approximate surface area is 229 Å². The second-order valence-electron chi connectivity index (χ2n) is 8.25. The van der Waals surface area contributed by atoms with Crippen LogP contribution in [0.2, 0.25) is 0 Å². The highest BCUT2D eigenvalue weighted by Gasteiger charge is 2.40. The van der Waals surface area contributed by atoms with Gasteiger partial charge in [-0.2, -0.15) is 0 Å². The first kappa shape index (κ1) is 32.8. The molecule has 1 rings (SSSR count). The van der Waals surface area contributed by atoms with Crippen molar-refractivity contribution in [2.24, 2.45) is 0 Å². The fourth-order valence-corrected chi connectivity index (χ4v) is 3.08. The Hall–Kier alpha value is -4.27. The van der Waals surface area contributed by atoms with E-state index in [0.29, 0.717) is 12.8 Å². The first-order valence-corrected chi connectivity index (χ1v) is 12.9. The quantitative estimate of drug-likeness (QED) is 0.130. The maximum absolute atomic E-state index is 12.1. The number of carboxylic acid groups (broad SMARTS) is 2. The van der Waals surface area contributed by atoms with Gasteiger partial charge in [-0.3, -0.25) is 9.78 Å². The van der Waals surface area contributed by atoms with Gasteiger partial charge < -0.3 is 19.7 Å². The minimum absolute atomic E-state index is 0.0729. The summed E-state index contributed by atoms with van der Waals surface area (Å²) in [6.45, 7) is 2.11. The number of carboxylic acids is 2. The van der Waals surface area contributed by atoms with E-state index in [-0.39, 0.29) is 12.0 Å². The minimum atomic E-state index is -2.22. The van der Waals surface area contributed by atoms with E-state index in [9.17, 15) is 29.4 Å². The Morgan fingerprint density at radius 3 is 1.79 bits per heavy atom. The van der Waals surface area contributed by atoms with Crippen LogP contribution in [0.3, 0.4) is 0 Å². The summed E-state index contributed by atoms with van der Waals surface area (Å²) >= 11 is 0. The lowest BCUT2D eigenvalue weighted by molar-refractivity contribution is -0.179. The number of hydrogen-bond donors (Lipinski definition) is 2. The summed E-state index contributed by atoms with van der Waals surface area (Å²) in [6, 6.07) is 2.75. The Kier molecular flexibility index (Phi) is 17.4. The van der Waals surface area contributed by atoms with Gasteiger partial charge in [-0.05, 0) is 57.1 Å². The summed E-state index contributed by atoms with van der Waals surface area (Å²) < 4.78 is 9.64. The molecule has 0 saturated heterocycles. The number of pyridine rings is 1. The maximum atomic E-state index is 12.1. The summed E-state index contributed by atoms with van der Waals surface area (Å²) in [5, 5.41) is 18.7. The van der Waals surface area contributed by atoms with Crippen LogP contribution in [0.1, 0.15) is 68.6 Å². The zero-order chi connectivity index (χ0) is 28.7. The molecule has 0 aliphatic rings. The second kappa shape index (κ2) is 20.7. The molecule has 9 nitrogen and oxygen atoms in total. The number of carbonyl (C=O) groups is 4. The van der Waals surface area contributed by atoms with Crippen molar-refractivity contribution in [3.05, 3.63) is 90.9 Å². The van der Waals surface area contributed by atoms with Gasteiger partial charge in [0.15, 0.2) is 0 Å². The molecule has 1 aromatic rings. The zero-order valence-corrected chi connectivity index (χ0v) is 22.2. The van der Waals surface area contributed by atoms with Crippen LogP contribution in [-0.4, -0.2) is 51.3 Å². The van der Waals surface area contributed by atoms with Crippen LogP contribution in [0.15, 0.2) is 85.3 Å². The summed E-state index contributed by atoms with van der Waals surface area (Å²) in [5.74, 6) is -5.51. The third kappa shape index (κ3) is 15.6. The molecule has 39 heavy (non-hydrogen) atoms. The van der Waals surface area contributed by atoms with E-state index in [1.54, 1.807) is 0 Å². The van der Waals surface area contributed by atoms with Crippen molar-refractivity contribution in [3.63, 3.8) is 0 Å². The summed E-state index contributed by atoms with van der Waals surface area (Å²) in [4.78, 5) is 51.1. The van der Waals surface area contributed by atoms with E-state index < -0.39 is 36.1 Å². The molecule has 2 unspecified atom stereocenters. The van der Waals surface area contributed by atoms with Crippen molar-refractivity contribution in [3.8, 4) is 0 Å². The van der Waals surface area contributed by atoms with Crippen LogP contribution < -0.4 is 0 Å². The molecule has 2 atom stereocenters. The molecule has 0 saturated carbocycles. The minimum Gasteiger partial charge on any atom is -0.478 e.